The minimum atomic E-state index is 0.544. The van der Waals surface area contributed by atoms with Crippen molar-refractivity contribution in [3.05, 3.63) is 60.2 Å². The van der Waals surface area contributed by atoms with Crippen LogP contribution in [0.2, 0.25) is 0 Å². The lowest BCUT2D eigenvalue weighted by molar-refractivity contribution is 0.565. The molecule has 0 fully saturated rings. The van der Waals surface area contributed by atoms with E-state index in [-0.39, 0.29) is 0 Å². The fourth-order valence-electron chi connectivity index (χ4n) is 2.95. The minimum Gasteiger partial charge on any atom is -0.354 e. The van der Waals surface area contributed by atoms with Crippen LogP contribution in [0.25, 0.3) is 5.57 Å². The van der Waals surface area contributed by atoms with Crippen LogP contribution < -0.4 is 10.2 Å². The highest BCUT2D eigenvalue weighted by Gasteiger charge is 2.42. The summed E-state index contributed by atoms with van der Waals surface area (Å²) in [4.78, 5) is 4.10. The third kappa shape index (κ3) is 1.52. The lowest BCUT2D eigenvalue weighted by atomic mass is 10.1. The van der Waals surface area contributed by atoms with E-state index in [0.717, 1.165) is 17.9 Å². The number of fused-ring (bicyclic) bond motifs is 1. The molecule has 3 heteroatoms. The summed E-state index contributed by atoms with van der Waals surface area (Å²) in [6.07, 6.45) is 4.58. The zero-order valence-corrected chi connectivity index (χ0v) is 11.3. The average Bonchev–Trinajstić information content (AvgIpc) is 2.70. The van der Waals surface area contributed by atoms with Crippen molar-refractivity contribution >= 4 is 16.9 Å². The first kappa shape index (κ1) is 11.9. The van der Waals surface area contributed by atoms with Gasteiger partial charge in [-0.25, -0.2) is 4.48 Å². The zero-order chi connectivity index (χ0) is 13.5. The van der Waals surface area contributed by atoms with E-state index in [4.69, 9.17) is 5.73 Å². The van der Waals surface area contributed by atoms with E-state index in [1.807, 2.05) is 24.5 Å². The summed E-state index contributed by atoms with van der Waals surface area (Å²) in [7, 11) is 2.14. The third-order valence-electron chi connectivity index (χ3n) is 4.03. The Hall–Kier alpha value is -2.13. The zero-order valence-electron chi connectivity index (χ0n) is 11.3. The summed E-state index contributed by atoms with van der Waals surface area (Å²) in [5.41, 5.74) is 11.4. The number of nitrogens with zero attached hydrogens (tertiary/aromatic N) is 2. The molecule has 1 aliphatic rings. The van der Waals surface area contributed by atoms with Gasteiger partial charge in [0.15, 0.2) is 5.69 Å². The molecule has 0 bridgehead atoms. The molecule has 1 aromatic heterocycles. The summed E-state index contributed by atoms with van der Waals surface area (Å²) in [5, 5.41) is 0. The number of benzene rings is 1. The quantitative estimate of drug-likeness (QED) is 0.832. The van der Waals surface area contributed by atoms with Crippen molar-refractivity contribution in [3.8, 4) is 0 Å². The number of hydrogen-bond acceptors (Lipinski definition) is 2. The normalized spacial score (nSPS) is 21.6. The molecule has 2 N–H and O–H groups in total. The summed E-state index contributed by atoms with van der Waals surface area (Å²) in [6, 6.07) is 12.5. The Morgan fingerprint density at radius 2 is 1.79 bits per heavy atom. The minimum absolute atomic E-state index is 0.544. The molecule has 0 radical (unpaired) electrons. The fourth-order valence-corrected chi connectivity index (χ4v) is 2.95. The molecule has 19 heavy (non-hydrogen) atoms. The van der Waals surface area contributed by atoms with E-state index in [1.54, 1.807) is 0 Å². The van der Waals surface area contributed by atoms with Gasteiger partial charge in [0.25, 0.3) is 0 Å². The smallest absolute Gasteiger partial charge is 0.212 e. The number of allylic oxidation sites excluding steroid dienone is 1. The molecule has 96 valence electrons. The largest absolute Gasteiger partial charge is 0.354 e. The summed E-state index contributed by atoms with van der Waals surface area (Å²) in [6.45, 7) is 2.15. The second-order valence-corrected chi connectivity index (χ2v) is 4.95. The molecular formula is C16H18N3+. The molecule has 0 amide bonds. The van der Waals surface area contributed by atoms with Crippen LogP contribution in [0.4, 0.5) is 11.4 Å². The van der Waals surface area contributed by atoms with Crippen molar-refractivity contribution in [1.82, 2.24) is 9.47 Å². The first-order chi connectivity index (χ1) is 9.19. The highest BCUT2D eigenvalue weighted by molar-refractivity contribution is 5.88. The van der Waals surface area contributed by atoms with Crippen LogP contribution in [-0.2, 0) is 0 Å². The second kappa shape index (κ2) is 4.21. The van der Waals surface area contributed by atoms with Gasteiger partial charge in [0.1, 0.15) is 5.69 Å². The molecule has 0 saturated heterocycles. The summed E-state index contributed by atoms with van der Waals surface area (Å²) >= 11 is 0. The van der Waals surface area contributed by atoms with Gasteiger partial charge < -0.3 is 5.73 Å². The van der Waals surface area contributed by atoms with Crippen LogP contribution in [0.1, 0.15) is 18.9 Å². The number of para-hydroxylation sites is 1. The molecular weight excluding hydrogens is 234 g/mol. The van der Waals surface area contributed by atoms with Crippen molar-refractivity contribution in [3.63, 3.8) is 0 Å². The van der Waals surface area contributed by atoms with Gasteiger partial charge in [-0.15, -0.1) is 0 Å². The maximum Gasteiger partial charge on any atom is 0.212 e. The number of quaternary nitrogens is 1. The van der Waals surface area contributed by atoms with Crippen LogP contribution in [0.15, 0.2) is 54.6 Å². The van der Waals surface area contributed by atoms with Gasteiger partial charge in [-0.1, -0.05) is 19.1 Å². The van der Waals surface area contributed by atoms with E-state index in [1.165, 1.54) is 16.8 Å². The van der Waals surface area contributed by atoms with E-state index in [0.29, 0.717) is 4.48 Å². The number of rotatable bonds is 2. The molecule has 2 aromatic rings. The summed E-state index contributed by atoms with van der Waals surface area (Å²) < 4.78 is 0.544. The Morgan fingerprint density at radius 1 is 1.11 bits per heavy atom. The van der Waals surface area contributed by atoms with Crippen molar-refractivity contribution in [2.75, 3.05) is 7.05 Å². The molecule has 0 spiro atoms. The van der Waals surface area contributed by atoms with Crippen LogP contribution in [0, 0.1) is 0 Å². The SMILES string of the molecule is CCC1=C(N)[N+](C)(c2ccncc2)c2ccccc21. The van der Waals surface area contributed by atoms with E-state index < -0.39 is 0 Å². The van der Waals surface area contributed by atoms with E-state index in [2.05, 4.69) is 43.2 Å². The molecule has 3 nitrogen and oxygen atoms in total. The standard InChI is InChI=1S/C16H18N3/c1-3-13-14-6-4-5-7-15(14)19(2,16(13)17)12-8-10-18-11-9-12/h4-11H,3,17H2,1-2H3/q+1. The Balaban J connectivity index is 2.30. The van der Waals surface area contributed by atoms with Gasteiger partial charge in [0.05, 0.1) is 7.05 Å². The van der Waals surface area contributed by atoms with E-state index in [9.17, 15) is 0 Å². The van der Waals surface area contributed by atoms with Gasteiger partial charge >= 0.3 is 0 Å². The predicted molar refractivity (Wildman–Crippen MR) is 79.5 cm³/mol. The first-order valence-electron chi connectivity index (χ1n) is 6.56. The fraction of sp³-hybridized carbons (Fsp3) is 0.188. The first-order valence-corrected chi connectivity index (χ1v) is 6.56. The monoisotopic (exact) mass is 252 g/mol. The van der Waals surface area contributed by atoms with Gasteiger partial charge in [-0.05, 0) is 12.5 Å². The maximum atomic E-state index is 6.48. The Labute approximate surface area is 113 Å². The molecule has 2 heterocycles. The number of hydrogen-bond donors (Lipinski definition) is 1. The molecule has 1 atom stereocenters. The van der Waals surface area contributed by atoms with Crippen LogP contribution in [0.5, 0.6) is 0 Å². The van der Waals surface area contributed by atoms with E-state index >= 15 is 0 Å². The van der Waals surface area contributed by atoms with Crippen LogP contribution in [0.3, 0.4) is 0 Å². The molecule has 1 unspecified atom stereocenters. The molecule has 3 rings (SSSR count). The summed E-state index contributed by atoms with van der Waals surface area (Å²) in [5.74, 6) is 0.912. The predicted octanol–water partition coefficient (Wildman–Crippen LogP) is 3.40. The van der Waals surface area contributed by atoms with Crippen LogP contribution >= 0.6 is 0 Å². The van der Waals surface area contributed by atoms with Crippen molar-refractivity contribution in [2.24, 2.45) is 5.73 Å². The number of nitrogens with two attached hydrogens (primary N) is 1. The van der Waals surface area contributed by atoms with Gasteiger partial charge in [-0.3, -0.25) is 4.98 Å². The third-order valence-corrected chi connectivity index (χ3v) is 4.03. The number of aromatic nitrogens is 1. The average molecular weight is 252 g/mol. The second-order valence-electron chi connectivity index (χ2n) is 4.95. The topological polar surface area (TPSA) is 38.9 Å². The highest BCUT2D eigenvalue weighted by atomic mass is 15.4. The molecule has 0 aliphatic carbocycles. The Morgan fingerprint density at radius 3 is 2.47 bits per heavy atom. The van der Waals surface area contributed by atoms with Gasteiger partial charge in [-0.2, -0.15) is 0 Å². The molecule has 1 aromatic carbocycles. The number of pyridine rings is 1. The van der Waals surface area contributed by atoms with Crippen LogP contribution in [-0.4, -0.2) is 12.0 Å². The Kier molecular flexibility index (Phi) is 2.64. The molecule has 1 aliphatic heterocycles. The van der Waals surface area contributed by atoms with Crippen molar-refractivity contribution < 1.29 is 0 Å². The Bertz CT molecular complexity index is 646. The molecule has 0 saturated carbocycles. The lowest BCUT2D eigenvalue weighted by Crippen LogP contribution is -2.40. The highest BCUT2D eigenvalue weighted by Crippen LogP contribution is 2.48. The van der Waals surface area contributed by atoms with Crippen molar-refractivity contribution in [2.45, 2.75) is 13.3 Å². The maximum absolute atomic E-state index is 6.48. The van der Waals surface area contributed by atoms with Gasteiger partial charge in [0, 0.05) is 41.7 Å². The van der Waals surface area contributed by atoms with Crippen molar-refractivity contribution in [1.29, 1.82) is 0 Å². The van der Waals surface area contributed by atoms with Gasteiger partial charge in [0.2, 0.25) is 5.82 Å². The lowest BCUT2D eigenvalue weighted by Gasteiger charge is -2.29.